The summed E-state index contributed by atoms with van der Waals surface area (Å²) in [7, 11) is -3.56. The van der Waals surface area contributed by atoms with Crippen LogP contribution >= 0.6 is 0 Å². The Hall–Kier alpha value is -1.73. The van der Waals surface area contributed by atoms with Gasteiger partial charge in [0.15, 0.2) is 5.03 Å². The van der Waals surface area contributed by atoms with E-state index in [-0.39, 0.29) is 11.6 Å². The highest BCUT2D eigenvalue weighted by Crippen LogP contribution is 2.15. The fraction of sp³-hybridized carbons (Fsp3) is 0.385. The quantitative estimate of drug-likeness (QED) is 0.877. The number of pyridine rings is 1. The van der Waals surface area contributed by atoms with E-state index in [1.807, 2.05) is 19.1 Å². The van der Waals surface area contributed by atoms with E-state index in [9.17, 15) is 8.42 Å². The monoisotopic (exact) mass is 294 g/mol. The van der Waals surface area contributed by atoms with Crippen LogP contribution in [0.4, 0.5) is 0 Å². The first-order valence-electron chi connectivity index (χ1n) is 6.51. The first kappa shape index (κ1) is 14.7. The molecule has 0 saturated heterocycles. The van der Waals surface area contributed by atoms with E-state index in [0.29, 0.717) is 24.5 Å². The van der Waals surface area contributed by atoms with Crippen molar-refractivity contribution in [2.45, 2.75) is 31.8 Å². The highest BCUT2D eigenvalue weighted by atomic mass is 32.2. The molecule has 2 aromatic rings. The van der Waals surface area contributed by atoms with Crippen LogP contribution in [-0.2, 0) is 23.0 Å². The van der Waals surface area contributed by atoms with Gasteiger partial charge in [-0.2, -0.15) is 4.31 Å². The first-order valence-corrected chi connectivity index (χ1v) is 7.95. The van der Waals surface area contributed by atoms with Crippen LogP contribution in [0.15, 0.2) is 35.6 Å². The Morgan fingerprint density at radius 3 is 2.60 bits per heavy atom. The summed E-state index contributed by atoms with van der Waals surface area (Å²) in [5.41, 5.74) is 0.716. The molecule has 0 atom stereocenters. The lowest BCUT2D eigenvalue weighted by Gasteiger charge is -2.18. The molecule has 7 heteroatoms. The molecular formula is C13H18N4O2S. The molecule has 2 aromatic heterocycles. The van der Waals surface area contributed by atoms with Crippen molar-refractivity contribution in [3.05, 3.63) is 42.1 Å². The minimum Gasteiger partial charge on any atom is -0.332 e. The van der Waals surface area contributed by atoms with Crippen LogP contribution in [0.1, 0.15) is 25.4 Å². The second-order valence-corrected chi connectivity index (χ2v) is 6.21. The molecule has 1 N–H and O–H groups in total. The van der Waals surface area contributed by atoms with E-state index >= 15 is 0 Å². The maximum absolute atomic E-state index is 12.5. The van der Waals surface area contributed by atoms with Gasteiger partial charge < -0.3 is 4.98 Å². The number of aromatic nitrogens is 3. The molecule has 0 amide bonds. The van der Waals surface area contributed by atoms with Gasteiger partial charge in [0, 0.05) is 19.2 Å². The van der Waals surface area contributed by atoms with Crippen molar-refractivity contribution < 1.29 is 8.42 Å². The minimum atomic E-state index is -3.56. The van der Waals surface area contributed by atoms with Gasteiger partial charge in [-0.3, -0.25) is 4.98 Å². The Balaban J connectivity index is 2.25. The summed E-state index contributed by atoms with van der Waals surface area (Å²) in [6, 6.07) is 5.45. The molecule has 2 rings (SSSR count). The number of H-pyrrole nitrogens is 1. The van der Waals surface area contributed by atoms with Crippen molar-refractivity contribution >= 4 is 10.0 Å². The van der Waals surface area contributed by atoms with Gasteiger partial charge in [-0.25, -0.2) is 13.4 Å². The van der Waals surface area contributed by atoms with E-state index in [2.05, 4.69) is 15.0 Å². The molecule has 0 aromatic carbocycles. The van der Waals surface area contributed by atoms with Gasteiger partial charge in [-0.15, -0.1) is 0 Å². The average molecular weight is 294 g/mol. The second-order valence-electron chi connectivity index (χ2n) is 4.30. The van der Waals surface area contributed by atoms with Gasteiger partial charge in [0.05, 0.1) is 18.4 Å². The summed E-state index contributed by atoms with van der Waals surface area (Å²) in [5, 5.41) is 0.132. The molecule has 0 radical (unpaired) electrons. The summed E-state index contributed by atoms with van der Waals surface area (Å²) >= 11 is 0. The lowest BCUT2D eigenvalue weighted by molar-refractivity contribution is 0.417. The molecule has 6 nitrogen and oxygen atoms in total. The third kappa shape index (κ3) is 3.05. The molecule has 0 spiro atoms. The smallest absolute Gasteiger partial charge is 0.260 e. The van der Waals surface area contributed by atoms with Crippen molar-refractivity contribution in [1.82, 2.24) is 19.3 Å². The van der Waals surface area contributed by atoms with Crippen molar-refractivity contribution in [3.8, 4) is 0 Å². The Bertz CT molecular complexity index is 652. The average Bonchev–Trinajstić information content (AvgIpc) is 2.95. The standard InChI is InChI=1S/C13H18N4O2S/c1-3-12-15-9-13(16-12)20(18,19)17(4-2)10-11-7-5-6-8-14-11/h5-9H,3-4,10H2,1-2H3,(H,15,16). The number of nitrogens with zero attached hydrogens (tertiary/aromatic N) is 3. The Kier molecular flexibility index (Phi) is 4.51. The molecule has 20 heavy (non-hydrogen) atoms. The van der Waals surface area contributed by atoms with Gasteiger partial charge in [0.25, 0.3) is 10.0 Å². The van der Waals surface area contributed by atoms with Crippen LogP contribution in [0.25, 0.3) is 0 Å². The summed E-state index contributed by atoms with van der Waals surface area (Å²) in [4.78, 5) is 11.1. The van der Waals surface area contributed by atoms with E-state index in [1.165, 1.54) is 10.5 Å². The van der Waals surface area contributed by atoms with Crippen LogP contribution in [0.2, 0.25) is 0 Å². The number of nitrogens with one attached hydrogen (secondary N) is 1. The molecule has 0 aliphatic rings. The number of aryl methyl sites for hydroxylation is 1. The molecule has 0 unspecified atom stereocenters. The fourth-order valence-corrected chi connectivity index (χ4v) is 3.19. The van der Waals surface area contributed by atoms with Gasteiger partial charge in [0.1, 0.15) is 5.82 Å². The Morgan fingerprint density at radius 2 is 2.05 bits per heavy atom. The van der Waals surface area contributed by atoms with E-state index < -0.39 is 10.0 Å². The fourth-order valence-electron chi connectivity index (χ4n) is 1.83. The van der Waals surface area contributed by atoms with E-state index in [4.69, 9.17) is 0 Å². The normalized spacial score (nSPS) is 11.9. The van der Waals surface area contributed by atoms with Gasteiger partial charge >= 0.3 is 0 Å². The van der Waals surface area contributed by atoms with Gasteiger partial charge in [-0.05, 0) is 12.1 Å². The molecule has 0 aliphatic carbocycles. The van der Waals surface area contributed by atoms with Crippen LogP contribution in [0.3, 0.4) is 0 Å². The van der Waals surface area contributed by atoms with Crippen molar-refractivity contribution in [2.75, 3.05) is 6.54 Å². The number of hydrogen-bond acceptors (Lipinski definition) is 4. The molecule has 0 saturated carbocycles. The van der Waals surface area contributed by atoms with Crippen molar-refractivity contribution in [2.24, 2.45) is 0 Å². The molecule has 0 aliphatic heterocycles. The SMILES string of the molecule is CCc1ncc(S(=O)(=O)N(CC)Cc2ccccn2)[nH]1. The first-order chi connectivity index (χ1) is 9.57. The lowest BCUT2D eigenvalue weighted by atomic mass is 10.3. The second kappa shape index (κ2) is 6.15. The zero-order valence-corrected chi connectivity index (χ0v) is 12.4. The van der Waals surface area contributed by atoms with E-state index in [1.54, 1.807) is 19.2 Å². The van der Waals surface area contributed by atoms with Crippen molar-refractivity contribution in [3.63, 3.8) is 0 Å². The summed E-state index contributed by atoms with van der Waals surface area (Å²) < 4.78 is 26.4. The molecule has 0 fully saturated rings. The van der Waals surface area contributed by atoms with Crippen LogP contribution in [-0.4, -0.2) is 34.2 Å². The molecular weight excluding hydrogens is 276 g/mol. The largest absolute Gasteiger partial charge is 0.332 e. The van der Waals surface area contributed by atoms with Crippen molar-refractivity contribution in [1.29, 1.82) is 0 Å². The van der Waals surface area contributed by atoms with Gasteiger partial charge in [0.2, 0.25) is 0 Å². The highest BCUT2D eigenvalue weighted by Gasteiger charge is 2.25. The third-order valence-corrected chi connectivity index (χ3v) is 4.81. The maximum Gasteiger partial charge on any atom is 0.260 e. The zero-order valence-electron chi connectivity index (χ0n) is 11.6. The van der Waals surface area contributed by atoms with E-state index in [0.717, 1.165) is 0 Å². The van der Waals surface area contributed by atoms with Gasteiger partial charge in [-0.1, -0.05) is 19.9 Å². The van der Waals surface area contributed by atoms with Crippen LogP contribution in [0.5, 0.6) is 0 Å². The molecule has 108 valence electrons. The number of aromatic amines is 1. The number of hydrogen-bond donors (Lipinski definition) is 1. The predicted molar refractivity (Wildman–Crippen MR) is 75.5 cm³/mol. The highest BCUT2D eigenvalue weighted by molar-refractivity contribution is 7.89. The molecule has 0 bridgehead atoms. The Morgan fingerprint density at radius 1 is 1.25 bits per heavy atom. The minimum absolute atomic E-state index is 0.132. The predicted octanol–water partition coefficient (Wildman–Crippen LogP) is 1.58. The maximum atomic E-state index is 12.5. The van der Waals surface area contributed by atoms with Crippen LogP contribution in [0, 0.1) is 0 Å². The van der Waals surface area contributed by atoms with Crippen LogP contribution < -0.4 is 0 Å². The third-order valence-electron chi connectivity index (χ3n) is 2.98. The number of sulfonamides is 1. The number of rotatable bonds is 6. The zero-order chi connectivity index (χ0) is 14.6. The lowest BCUT2D eigenvalue weighted by Crippen LogP contribution is -2.31. The number of imidazole rings is 1. The topological polar surface area (TPSA) is 79.0 Å². The Labute approximate surface area is 118 Å². The summed E-state index contributed by atoms with van der Waals surface area (Å²) in [6.45, 7) is 4.35. The molecule has 2 heterocycles. The summed E-state index contributed by atoms with van der Waals surface area (Å²) in [5.74, 6) is 0.664. The summed E-state index contributed by atoms with van der Waals surface area (Å²) in [6.07, 6.45) is 3.69.